The van der Waals surface area contributed by atoms with Crippen molar-refractivity contribution in [1.82, 2.24) is 19.8 Å². The molecule has 0 radical (unpaired) electrons. The van der Waals surface area contributed by atoms with Crippen molar-refractivity contribution in [3.05, 3.63) is 46.0 Å². The van der Waals surface area contributed by atoms with Crippen LogP contribution in [0.2, 0.25) is 0 Å². The molecular formula is C22H28N4O4S. The standard InChI is InChI=1S/C21H26N4O2S.CH2O2/c1-14-19(28-24-23-14)21(27)25-11-10-16(13-25)12-15-6-8-17(9-7-15)20(26)22-18-4-2-3-5-18;2-1-3/h6-9,16,18H,2-5,10-13H2,1H3,(H,22,26);1H,(H,2,3). The normalized spacial score (nSPS) is 18.4. The molecule has 1 atom stereocenters. The molecule has 0 bridgehead atoms. The second-order valence-corrected chi connectivity index (χ2v) is 8.81. The highest BCUT2D eigenvalue weighted by Crippen LogP contribution is 2.24. The van der Waals surface area contributed by atoms with Gasteiger partial charge in [0, 0.05) is 24.7 Å². The molecule has 1 saturated heterocycles. The molecule has 31 heavy (non-hydrogen) atoms. The molecule has 1 unspecified atom stereocenters. The molecule has 0 spiro atoms. The van der Waals surface area contributed by atoms with E-state index in [-0.39, 0.29) is 18.3 Å². The van der Waals surface area contributed by atoms with Gasteiger partial charge in [-0.2, -0.15) is 0 Å². The quantitative estimate of drug-likeness (QED) is 0.686. The van der Waals surface area contributed by atoms with Gasteiger partial charge in [-0.15, -0.1) is 5.10 Å². The maximum Gasteiger partial charge on any atom is 0.290 e. The molecule has 9 heteroatoms. The van der Waals surface area contributed by atoms with Crippen LogP contribution in [0.1, 0.15) is 63.4 Å². The SMILES string of the molecule is Cc1nnsc1C(=O)N1CCC(Cc2ccc(C(=O)NC3CCCC3)cc2)C1.O=CO. The largest absolute Gasteiger partial charge is 0.483 e. The minimum Gasteiger partial charge on any atom is -0.483 e. The number of aryl methyl sites for hydroxylation is 1. The highest BCUT2D eigenvalue weighted by molar-refractivity contribution is 7.07. The van der Waals surface area contributed by atoms with E-state index in [2.05, 4.69) is 14.9 Å². The lowest BCUT2D eigenvalue weighted by Crippen LogP contribution is -2.32. The summed E-state index contributed by atoms with van der Waals surface area (Å²) in [6, 6.07) is 8.27. The van der Waals surface area contributed by atoms with Crippen LogP contribution in [0.25, 0.3) is 0 Å². The number of rotatable bonds is 5. The number of hydrogen-bond donors (Lipinski definition) is 2. The van der Waals surface area contributed by atoms with Gasteiger partial charge in [-0.25, -0.2) is 0 Å². The lowest BCUT2D eigenvalue weighted by Gasteiger charge is -2.16. The Morgan fingerprint density at radius 3 is 2.52 bits per heavy atom. The van der Waals surface area contributed by atoms with Crippen LogP contribution in [0.5, 0.6) is 0 Å². The Bertz CT molecular complexity index is 893. The summed E-state index contributed by atoms with van der Waals surface area (Å²) < 4.78 is 3.87. The first kappa shape index (κ1) is 22.9. The lowest BCUT2D eigenvalue weighted by molar-refractivity contribution is -0.122. The van der Waals surface area contributed by atoms with Crippen molar-refractivity contribution in [1.29, 1.82) is 0 Å². The molecule has 1 aromatic carbocycles. The van der Waals surface area contributed by atoms with Crippen molar-refractivity contribution in [2.45, 2.75) is 51.5 Å². The molecule has 1 aliphatic heterocycles. The Hall–Kier alpha value is -2.81. The minimum absolute atomic E-state index is 0.0321. The van der Waals surface area contributed by atoms with Crippen molar-refractivity contribution >= 4 is 29.8 Å². The van der Waals surface area contributed by atoms with E-state index in [0.717, 1.165) is 44.3 Å². The van der Waals surface area contributed by atoms with Crippen LogP contribution < -0.4 is 5.32 Å². The fourth-order valence-corrected chi connectivity index (χ4v) is 4.84. The first-order valence-corrected chi connectivity index (χ1v) is 11.3. The Morgan fingerprint density at radius 2 is 1.90 bits per heavy atom. The molecule has 2 amide bonds. The number of carboxylic acid groups (broad SMARTS) is 1. The number of benzene rings is 1. The molecule has 166 valence electrons. The molecule has 1 aliphatic carbocycles. The third kappa shape index (κ3) is 6.10. The predicted molar refractivity (Wildman–Crippen MR) is 117 cm³/mol. The molecule has 2 heterocycles. The van der Waals surface area contributed by atoms with Crippen molar-refractivity contribution < 1.29 is 19.5 Å². The molecule has 4 rings (SSSR count). The van der Waals surface area contributed by atoms with Crippen LogP contribution in [0, 0.1) is 12.8 Å². The summed E-state index contributed by atoms with van der Waals surface area (Å²) in [5, 5.41) is 14.0. The van der Waals surface area contributed by atoms with Gasteiger partial charge in [0.1, 0.15) is 4.88 Å². The molecule has 2 N–H and O–H groups in total. The summed E-state index contributed by atoms with van der Waals surface area (Å²) >= 11 is 1.17. The van der Waals surface area contributed by atoms with Gasteiger partial charge < -0.3 is 15.3 Å². The van der Waals surface area contributed by atoms with Gasteiger partial charge in [-0.1, -0.05) is 29.5 Å². The topological polar surface area (TPSA) is 112 Å². The van der Waals surface area contributed by atoms with E-state index in [1.165, 1.54) is 29.9 Å². The number of likely N-dealkylation sites (tertiary alicyclic amines) is 1. The minimum atomic E-state index is -0.250. The van der Waals surface area contributed by atoms with Crippen LogP contribution in [0.15, 0.2) is 24.3 Å². The van der Waals surface area contributed by atoms with Crippen molar-refractivity contribution in [2.24, 2.45) is 5.92 Å². The third-order valence-corrected chi connectivity index (χ3v) is 6.67. The van der Waals surface area contributed by atoms with E-state index in [0.29, 0.717) is 22.5 Å². The number of aromatic nitrogens is 2. The van der Waals surface area contributed by atoms with E-state index in [1.807, 2.05) is 36.1 Å². The average Bonchev–Trinajstić information content (AvgIpc) is 3.51. The van der Waals surface area contributed by atoms with E-state index in [9.17, 15) is 9.59 Å². The zero-order valence-corrected chi connectivity index (χ0v) is 18.4. The summed E-state index contributed by atoms with van der Waals surface area (Å²) in [6.07, 6.45) is 6.54. The van der Waals surface area contributed by atoms with Gasteiger partial charge in [0.2, 0.25) is 0 Å². The van der Waals surface area contributed by atoms with E-state index >= 15 is 0 Å². The van der Waals surface area contributed by atoms with Gasteiger partial charge in [-0.3, -0.25) is 14.4 Å². The van der Waals surface area contributed by atoms with Crippen molar-refractivity contribution in [3.8, 4) is 0 Å². The molecule has 1 aromatic heterocycles. The van der Waals surface area contributed by atoms with Crippen LogP contribution >= 0.6 is 11.5 Å². The third-order valence-electron chi connectivity index (χ3n) is 5.85. The van der Waals surface area contributed by atoms with Gasteiger partial charge >= 0.3 is 0 Å². The number of nitrogens with one attached hydrogen (secondary N) is 1. The Balaban J connectivity index is 0.000000858. The fourth-order valence-electron chi connectivity index (χ4n) is 4.22. The number of hydrogen-bond acceptors (Lipinski definition) is 6. The first-order valence-electron chi connectivity index (χ1n) is 10.6. The van der Waals surface area contributed by atoms with Crippen LogP contribution in [-0.2, 0) is 11.2 Å². The molecular weight excluding hydrogens is 416 g/mol. The number of carbonyl (C=O) groups excluding carboxylic acids is 2. The zero-order valence-electron chi connectivity index (χ0n) is 17.6. The second-order valence-electron chi connectivity index (χ2n) is 8.05. The van der Waals surface area contributed by atoms with Gasteiger partial charge in [0.25, 0.3) is 18.3 Å². The van der Waals surface area contributed by atoms with Gasteiger partial charge in [0.05, 0.1) is 5.69 Å². The van der Waals surface area contributed by atoms with Gasteiger partial charge in [0.15, 0.2) is 0 Å². The first-order chi connectivity index (χ1) is 15.0. The maximum absolute atomic E-state index is 12.6. The summed E-state index contributed by atoms with van der Waals surface area (Å²) in [4.78, 5) is 35.9. The summed E-state index contributed by atoms with van der Waals surface area (Å²) in [6.45, 7) is 3.12. The summed E-state index contributed by atoms with van der Waals surface area (Å²) in [5.74, 6) is 0.529. The summed E-state index contributed by atoms with van der Waals surface area (Å²) in [5.41, 5.74) is 2.66. The zero-order chi connectivity index (χ0) is 22.2. The Morgan fingerprint density at radius 1 is 1.23 bits per heavy atom. The van der Waals surface area contributed by atoms with E-state index in [1.54, 1.807) is 0 Å². The average molecular weight is 445 g/mol. The second kappa shape index (κ2) is 11.0. The van der Waals surface area contributed by atoms with Crippen LogP contribution in [0.3, 0.4) is 0 Å². The molecule has 2 aromatic rings. The van der Waals surface area contributed by atoms with Crippen molar-refractivity contribution in [3.63, 3.8) is 0 Å². The molecule has 1 saturated carbocycles. The number of amides is 2. The lowest BCUT2D eigenvalue weighted by atomic mass is 9.98. The predicted octanol–water partition coefficient (Wildman–Crippen LogP) is 2.92. The molecule has 8 nitrogen and oxygen atoms in total. The van der Waals surface area contributed by atoms with Crippen LogP contribution in [0.4, 0.5) is 0 Å². The van der Waals surface area contributed by atoms with E-state index in [4.69, 9.17) is 9.90 Å². The Kier molecular flexibility index (Phi) is 8.11. The van der Waals surface area contributed by atoms with E-state index < -0.39 is 0 Å². The molecule has 2 fully saturated rings. The van der Waals surface area contributed by atoms with Crippen LogP contribution in [-0.4, -0.2) is 57.0 Å². The highest BCUT2D eigenvalue weighted by atomic mass is 32.1. The monoisotopic (exact) mass is 444 g/mol. The maximum atomic E-state index is 12.6. The molecule has 2 aliphatic rings. The smallest absolute Gasteiger partial charge is 0.290 e. The Labute approximate surface area is 185 Å². The highest BCUT2D eigenvalue weighted by Gasteiger charge is 2.29. The summed E-state index contributed by atoms with van der Waals surface area (Å²) in [7, 11) is 0. The van der Waals surface area contributed by atoms with Gasteiger partial charge in [-0.05, 0) is 67.8 Å². The number of carbonyl (C=O) groups is 3. The number of nitrogens with zero attached hydrogens (tertiary/aromatic N) is 3. The van der Waals surface area contributed by atoms with Crippen molar-refractivity contribution in [2.75, 3.05) is 13.1 Å². The fraction of sp³-hybridized carbons (Fsp3) is 0.500.